The molecule has 1 unspecified atom stereocenters. The van der Waals surface area contributed by atoms with E-state index in [1.807, 2.05) is 13.0 Å². The molecule has 1 atom stereocenters. The fourth-order valence-electron chi connectivity index (χ4n) is 2.64. The van der Waals surface area contributed by atoms with Gasteiger partial charge in [0, 0.05) is 0 Å². The van der Waals surface area contributed by atoms with Crippen molar-refractivity contribution in [2.75, 3.05) is 6.61 Å². The van der Waals surface area contributed by atoms with Gasteiger partial charge in [0.25, 0.3) is 0 Å². The molecule has 0 aliphatic rings. The fraction of sp³-hybridized carbons (Fsp3) is 0.333. The van der Waals surface area contributed by atoms with Gasteiger partial charge in [0.05, 0.1) is 16.5 Å². The highest BCUT2D eigenvalue weighted by atomic mass is 35.5. The highest BCUT2D eigenvalue weighted by molar-refractivity contribution is 7.89. The Labute approximate surface area is 181 Å². The fourth-order valence-corrected chi connectivity index (χ4v) is 4.07. The molecule has 0 aliphatic carbocycles. The number of nitrogens with zero attached hydrogens (tertiary/aromatic N) is 1. The third-order valence-electron chi connectivity index (χ3n) is 4.16. The van der Waals surface area contributed by atoms with Gasteiger partial charge in [-0.2, -0.15) is 9.98 Å². The number of hydrogen-bond acceptors (Lipinski definition) is 6. The molecule has 0 saturated heterocycles. The van der Waals surface area contributed by atoms with Gasteiger partial charge < -0.3 is 9.47 Å². The molecule has 0 amide bonds. The molecular weight excluding hydrogens is 428 g/mol. The van der Waals surface area contributed by atoms with Gasteiger partial charge in [-0.15, -0.1) is 0 Å². The minimum atomic E-state index is -3.94. The zero-order valence-corrected chi connectivity index (χ0v) is 18.3. The summed E-state index contributed by atoms with van der Waals surface area (Å²) < 4.78 is 38.5. The molecule has 0 radical (unpaired) electrons. The van der Waals surface area contributed by atoms with Crippen molar-refractivity contribution < 1.29 is 22.7 Å². The maximum absolute atomic E-state index is 12.7. The SMILES string of the molecule is CCCCC(NS(=O)(=O)c1ccc(Oc2cccc(Cl)c2C#N)cc1)C(=O)OCC. The first-order valence-corrected chi connectivity index (χ1v) is 11.3. The van der Waals surface area contributed by atoms with E-state index in [1.165, 1.54) is 24.3 Å². The number of carbonyl (C=O) groups is 1. The number of hydrogen-bond donors (Lipinski definition) is 1. The topological polar surface area (TPSA) is 105 Å². The number of sulfonamides is 1. The van der Waals surface area contributed by atoms with E-state index in [4.69, 9.17) is 21.1 Å². The Morgan fingerprint density at radius 3 is 2.50 bits per heavy atom. The minimum absolute atomic E-state index is 0.0211. The Morgan fingerprint density at radius 1 is 1.20 bits per heavy atom. The molecule has 0 aliphatic heterocycles. The van der Waals surface area contributed by atoms with Crippen LogP contribution in [0.3, 0.4) is 0 Å². The summed E-state index contributed by atoms with van der Waals surface area (Å²) >= 11 is 5.99. The summed E-state index contributed by atoms with van der Waals surface area (Å²) in [4.78, 5) is 12.1. The van der Waals surface area contributed by atoms with Crippen molar-refractivity contribution in [1.29, 1.82) is 5.26 Å². The van der Waals surface area contributed by atoms with Gasteiger partial charge in [0.15, 0.2) is 0 Å². The second-order valence-corrected chi connectivity index (χ2v) is 8.49. The summed E-state index contributed by atoms with van der Waals surface area (Å²) in [5.74, 6) is 0.000725. The summed E-state index contributed by atoms with van der Waals surface area (Å²) in [5, 5.41) is 9.48. The number of benzene rings is 2. The maximum Gasteiger partial charge on any atom is 0.324 e. The monoisotopic (exact) mass is 450 g/mol. The lowest BCUT2D eigenvalue weighted by Gasteiger charge is -2.17. The van der Waals surface area contributed by atoms with Crippen molar-refractivity contribution >= 4 is 27.6 Å². The van der Waals surface area contributed by atoms with E-state index in [1.54, 1.807) is 25.1 Å². The summed E-state index contributed by atoms with van der Waals surface area (Å²) in [6.45, 7) is 3.79. The first-order valence-electron chi connectivity index (χ1n) is 9.47. The lowest BCUT2D eigenvalue weighted by Crippen LogP contribution is -2.41. The van der Waals surface area contributed by atoms with Crippen molar-refractivity contribution in [3.8, 4) is 17.6 Å². The first-order chi connectivity index (χ1) is 14.3. The van der Waals surface area contributed by atoms with Gasteiger partial charge in [0.1, 0.15) is 29.2 Å². The van der Waals surface area contributed by atoms with Crippen LogP contribution in [0, 0.1) is 11.3 Å². The number of carbonyl (C=O) groups excluding carboxylic acids is 1. The van der Waals surface area contributed by atoms with E-state index in [0.29, 0.717) is 18.6 Å². The van der Waals surface area contributed by atoms with Crippen molar-refractivity contribution in [2.45, 2.75) is 44.0 Å². The molecule has 0 aromatic heterocycles. The van der Waals surface area contributed by atoms with Crippen molar-refractivity contribution in [2.24, 2.45) is 0 Å². The molecule has 30 heavy (non-hydrogen) atoms. The van der Waals surface area contributed by atoms with Gasteiger partial charge in [-0.25, -0.2) is 8.42 Å². The minimum Gasteiger partial charge on any atom is -0.465 e. The molecule has 160 valence electrons. The second kappa shape index (κ2) is 11.0. The van der Waals surface area contributed by atoms with E-state index >= 15 is 0 Å². The van der Waals surface area contributed by atoms with Gasteiger partial charge in [-0.1, -0.05) is 37.4 Å². The Hall–Kier alpha value is -2.60. The molecular formula is C21H23ClN2O5S. The van der Waals surface area contributed by atoms with E-state index in [0.717, 1.165) is 6.42 Å². The third-order valence-corrected chi connectivity index (χ3v) is 5.97. The number of rotatable bonds is 10. The summed E-state index contributed by atoms with van der Waals surface area (Å²) in [7, 11) is -3.94. The summed E-state index contributed by atoms with van der Waals surface area (Å²) in [5.41, 5.74) is 0.186. The van der Waals surface area contributed by atoms with Crippen LogP contribution in [0.4, 0.5) is 0 Å². The average Bonchev–Trinajstić information content (AvgIpc) is 2.72. The quantitative estimate of drug-likeness (QED) is 0.537. The molecule has 0 bridgehead atoms. The lowest BCUT2D eigenvalue weighted by molar-refractivity contribution is -0.145. The standard InChI is InChI=1S/C21H23ClN2O5S/c1-3-5-8-19(21(25)28-4-2)24-30(26,27)16-12-10-15(11-13-16)29-20-9-6-7-18(22)17(20)14-23/h6-7,9-13,19,24H,3-5,8H2,1-2H3. The van der Waals surface area contributed by atoms with Crippen LogP contribution in [0.2, 0.25) is 5.02 Å². The van der Waals surface area contributed by atoms with Crippen LogP contribution in [-0.4, -0.2) is 27.0 Å². The average molecular weight is 451 g/mol. The number of unbranched alkanes of at least 4 members (excludes halogenated alkanes) is 1. The second-order valence-electron chi connectivity index (χ2n) is 6.37. The lowest BCUT2D eigenvalue weighted by atomic mass is 10.1. The van der Waals surface area contributed by atoms with Crippen molar-refractivity contribution in [3.05, 3.63) is 53.1 Å². The molecule has 0 spiro atoms. The Bertz CT molecular complexity index is 1020. The van der Waals surface area contributed by atoms with Gasteiger partial charge in [0.2, 0.25) is 10.0 Å². The Morgan fingerprint density at radius 2 is 1.90 bits per heavy atom. The molecule has 2 aromatic carbocycles. The number of nitrogens with one attached hydrogen (secondary N) is 1. The zero-order chi connectivity index (χ0) is 22.1. The van der Waals surface area contributed by atoms with Crippen molar-refractivity contribution in [3.63, 3.8) is 0 Å². The van der Waals surface area contributed by atoms with Gasteiger partial charge in [-0.05, 0) is 49.7 Å². The highest BCUT2D eigenvalue weighted by Crippen LogP contribution is 2.30. The maximum atomic E-state index is 12.7. The zero-order valence-electron chi connectivity index (χ0n) is 16.7. The van der Waals surface area contributed by atoms with Crippen molar-refractivity contribution in [1.82, 2.24) is 4.72 Å². The van der Waals surface area contributed by atoms with Crippen LogP contribution in [0.5, 0.6) is 11.5 Å². The molecule has 2 rings (SSSR count). The highest BCUT2D eigenvalue weighted by Gasteiger charge is 2.26. The van der Waals surface area contributed by atoms with Crippen LogP contribution in [0.1, 0.15) is 38.7 Å². The predicted octanol–water partition coefficient (Wildman–Crippen LogP) is 4.40. The van der Waals surface area contributed by atoms with E-state index in [-0.39, 0.29) is 27.8 Å². The Balaban J connectivity index is 2.18. The predicted molar refractivity (Wildman–Crippen MR) is 113 cm³/mol. The van der Waals surface area contributed by atoms with Crippen LogP contribution >= 0.6 is 11.6 Å². The van der Waals surface area contributed by atoms with E-state index < -0.39 is 22.0 Å². The number of ether oxygens (including phenoxy) is 2. The van der Waals surface area contributed by atoms with E-state index in [2.05, 4.69) is 4.72 Å². The van der Waals surface area contributed by atoms with E-state index in [9.17, 15) is 18.5 Å². The van der Waals surface area contributed by atoms with Crippen LogP contribution < -0.4 is 9.46 Å². The van der Waals surface area contributed by atoms with Gasteiger partial charge >= 0.3 is 5.97 Å². The molecule has 0 fully saturated rings. The number of esters is 1. The molecule has 9 heteroatoms. The Kier molecular flexibility index (Phi) is 8.66. The van der Waals surface area contributed by atoms with Crippen LogP contribution in [-0.2, 0) is 19.6 Å². The normalized spacial score (nSPS) is 12.1. The number of nitriles is 1. The van der Waals surface area contributed by atoms with Crippen LogP contribution in [0.15, 0.2) is 47.4 Å². The third kappa shape index (κ3) is 6.20. The molecule has 0 saturated carbocycles. The van der Waals surface area contributed by atoms with Crippen LogP contribution in [0.25, 0.3) is 0 Å². The molecule has 7 nitrogen and oxygen atoms in total. The molecule has 0 heterocycles. The van der Waals surface area contributed by atoms with Gasteiger partial charge in [-0.3, -0.25) is 4.79 Å². The smallest absolute Gasteiger partial charge is 0.324 e. The summed E-state index contributed by atoms with van der Waals surface area (Å²) in [6.07, 6.45) is 1.85. The molecule has 1 N–H and O–H groups in total. The first kappa shape index (κ1) is 23.7. The molecule has 2 aromatic rings. The summed E-state index contributed by atoms with van der Waals surface area (Å²) in [6, 6.07) is 11.5. The number of halogens is 1. The largest absolute Gasteiger partial charge is 0.465 e.